The molecule has 0 saturated carbocycles. The van der Waals surface area contributed by atoms with Crippen LogP contribution in [0.3, 0.4) is 0 Å². The molecule has 0 fully saturated rings. The minimum absolute atomic E-state index is 0.294. The van der Waals surface area contributed by atoms with Crippen molar-refractivity contribution in [1.29, 1.82) is 0 Å². The van der Waals surface area contributed by atoms with Crippen LogP contribution in [0.2, 0.25) is 0 Å². The van der Waals surface area contributed by atoms with Crippen molar-refractivity contribution in [3.05, 3.63) is 35.9 Å². The zero-order valence-corrected chi connectivity index (χ0v) is 11.6. The second kappa shape index (κ2) is 8.19. The number of hydrogen-bond acceptors (Lipinski definition) is 4. The van der Waals surface area contributed by atoms with Crippen molar-refractivity contribution in [2.75, 3.05) is 13.7 Å². The Bertz CT molecular complexity index is 420. The number of methoxy groups -OCH3 is 1. The largest absolute Gasteiger partial charge is 0.513 e. The van der Waals surface area contributed by atoms with Crippen LogP contribution < -0.4 is 4.74 Å². The molecule has 0 amide bonds. The number of hydrogen-bond donors (Lipinski definition) is 0. The van der Waals surface area contributed by atoms with Crippen LogP contribution in [-0.4, -0.2) is 19.9 Å². The molecule has 0 aliphatic rings. The summed E-state index contributed by atoms with van der Waals surface area (Å²) >= 11 is 0. The van der Waals surface area contributed by atoms with Crippen LogP contribution >= 0.6 is 0 Å². The molecule has 1 rings (SSSR count). The predicted octanol–water partition coefficient (Wildman–Crippen LogP) is 4.01. The monoisotopic (exact) mass is 264 g/mol. The fraction of sp³-hybridized carbons (Fsp3) is 0.400. The lowest BCUT2D eigenvalue weighted by Crippen LogP contribution is -2.06. The molecule has 0 atom stereocenters. The lowest BCUT2D eigenvalue weighted by Gasteiger charge is -2.09. The van der Waals surface area contributed by atoms with E-state index in [9.17, 15) is 4.79 Å². The highest BCUT2D eigenvalue weighted by Crippen LogP contribution is 2.21. The highest BCUT2D eigenvalue weighted by molar-refractivity contribution is 5.73. The van der Waals surface area contributed by atoms with Gasteiger partial charge in [-0.2, -0.15) is 0 Å². The van der Waals surface area contributed by atoms with Gasteiger partial charge in [-0.1, -0.05) is 13.3 Å². The van der Waals surface area contributed by atoms with Gasteiger partial charge in [-0.25, -0.2) is 4.79 Å². The third-order valence-corrected chi connectivity index (χ3v) is 2.45. The van der Waals surface area contributed by atoms with Gasteiger partial charge in [0, 0.05) is 5.56 Å². The number of ether oxygens (including phenoxy) is 3. The van der Waals surface area contributed by atoms with Crippen molar-refractivity contribution < 1.29 is 19.0 Å². The van der Waals surface area contributed by atoms with Gasteiger partial charge in [0.05, 0.1) is 13.7 Å². The van der Waals surface area contributed by atoms with E-state index in [-0.39, 0.29) is 0 Å². The summed E-state index contributed by atoms with van der Waals surface area (Å²) in [6.07, 6.45) is 3.02. The molecule has 0 N–H and O–H groups in total. The van der Waals surface area contributed by atoms with Crippen molar-refractivity contribution in [3.8, 4) is 5.75 Å². The van der Waals surface area contributed by atoms with Crippen molar-refractivity contribution in [2.24, 2.45) is 0 Å². The number of rotatable bonds is 6. The van der Waals surface area contributed by atoms with Crippen LogP contribution in [0.15, 0.2) is 30.3 Å². The molecular formula is C15H20O4. The normalized spacial score (nSPS) is 11.0. The molecule has 1 aromatic rings. The quantitative estimate of drug-likeness (QED) is 0.575. The molecule has 0 bridgehead atoms. The third kappa shape index (κ3) is 5.04. The Morgan fingerprint density at radius 1 is 1.21 bits per heavy atom. The summed E-state index contributed by atoms with van der Waals surface area (Å²) in [5.41, 5.74) is 0.822. The lowest BCUT2D eigenvalue weighted by molar-refractivity contribution is 0.0952. The Morgan fingerprint density at radius 2 is 1.89 bits per heavy atom. The maximum atomic E-state index is 11.4. The first kappa shape index (κ1) is 15.1. The van der Waals surface area contributed by atoms with Crippen LogP contribution in [0.1, 0.15) is 32.3 Å². The van der Waals surface area contributed by atoms with Gasteiger partial charge in [0.1, 0.15) is 11.5 Å². The zero-order chi connectivity index (χ0) is 14.1. The molecule has 0 heterocycles. The molecule has 4 heteroatoms. The summed E-state index contributed by atoms with van der Waals surface area (Å²) in [5.74, 6) is 1.28. The van der Waals surface area contributed by atoms with E-state index in [0.29, 0.717) is 12.4 Å². The summed E-state index contributed by atoms with van der Waals surface area (Å²) in [6, 6.07) is 7.34. The molecule has 0 saturated heterocycles. The van der Waals surface area contributed by atoms with E-state index in [1.807, 2.05) is 30.3 Å². The van der Waals surface area contributed by atoms with Crippen molar-refractivity contribution in [3.63, 3.8) is 0 Å². The zero-order valence-electron chi connectivity index (χ0n) is 11.6. The standard InChI is InChI=1S/C15H20O4/c1-4-6-7-14(19-15(16)18-5-2)12-8-10-13(17-3)11-9-12/h7-11H,4-6H2,1-3H3/b14-7+. The molecule has 0 aromatic heterocycles. The van der Waals surface area contributed by atoms with Gasteiger partial charge < -0.3 is 14.2 Å². The molecule has 1 aromatic carbocycles. The van der Waals surface area contributed by atoms with Gasteiger partial charge in [-0.3, -0.25) is 0 Å². The average Bonchev–Trinajstić information content (AvgIpc) is 2.44. The number of allylic oxidation sites excluding steroid dienone is 1. The van der Waals surface area contributed by atoms with Crippen LogP contribution in [0.25, 0.3) is 5.76 Å². The van der Waals surface area contributed by atoms with Gasteiger partial charge >= 0.3 is 6.16 Å². The summed E-state index contributed by atoms with van der Waals surface area (Å²) < 4.78 is 15.1. The Labute approximate surface area is 114 Å². The highest BCUT2D eigenvalue weighted by Gasteiger charge is 2.10. The maximum Gasteiger partial charge on any atom is 0.513 e. The average molecular weight is 264 g/mol. The summed E-state index contributed by atoms with van der Waals surface area (Å²) in [5, 5.41) is 0. The fourth-order valence-electron chi connectivity index (χ4n) is 1.49. The van der Waals surface area contributed by atoms with Gasteiger partial charge in [-0.15, -0.1) is 0 Å². The van der Waals surface area contributed by atoms with Gasteiger partial charge in [0.15, 0.2) is 0 Å². The van der Waals surface area contributed by atoms with E-state index in [2.05, 4.69) is 6.92 Å². The summed E-state index contributed by atoms with van der Waals surface area (Å²) in [6.45, 7) is 4.10. The molecule has 19 heavy (non-hydrogen) atoms. The second-order valence-electron chi connectivity index (χ2n) is 3.87. The number of carbonyl (C=O) groups is 1. The first-order valence-electron chi connectivity index (χ1n) is 6.40. The maximum absolute atomic E-state index is 11.4. The second-order valence-corrected chi connectivity index (χ2v) is 3.87. The molecule has 0 radical (unpaired) electrons. The van der Waals surface area contributed by atoms with Crippen LogP contribution in [0.5, 0.6) is 5.75 Å². The Kier molecular flexibility index (Phi) is 6.50. The predicted molar refractivity (Wildman–Crippen MR) is 74.0 cm³/mol. The fourth-order valence-corrected chi connectivity index (χ4v) is 1.49. The number of unbranched alkanes of at least 4 members (excludes halogenated alkanes) is 1. The molecule has 104 valence electrons. The number of carbonyl (C=O) groups excluding carboxylic acids is 1. The Morgan fingerprint density at radius 3 is 2.42 bits per heavy atom. The van der Waals surface area contributed by atoms with Crippen molar-refractivity contribution >= 4 is 11.9 Å². The van der Waals surface area contributed by atoms with Crippen molar-refractivity contribution in [2.45, 2.75) is 26.7 Å². The SMILES string of the molecule is CCC/C=C(/OC(=O)OCC)c1ccc(OC)cc1. The van der Waals surface area contributed by atoms with E-state index < -0.39 is 6.16 Å². The van der Waals surface area contributed by atoms with Crippen LogP contribution in [0, 0.1) is 0 Å². The molecule has 4 nitrogen and oxygen atoms in total. The van der Waals surface area contributed by atoms with Gasteiger partial charge in [-0.05, 0) is 43.7 Å². The highest BCUT2D eigenvalue weighted by atomic mass is 16.7. The third-order valence-electron chi connectivity index (χ3n) is 2.45. The smallest absolute Gasteiger partial charge is 0.497 e. The van der Waals surface area contributed by atoms with E-state index in [4.69, 9.17) is 14.2 Å². The minimum atomic E-state index is -0.680. The lowest BCUT2D eigenvalue weighted by atomic mass is 10.1. The number of benzene rings is 1. The van der Waals surface area contributed by atoms with Crippen LogP contribution in [0.4, 0.5) is 4.79 Å². The first-order valence-corrected chi connectivity index (χ1v) is 6.40. The Balaban J connectivity index is 2.86. The molecular weight excluding hydrogens is 244 g/mol. The first-order chi connectivity index (χ1) is 9.21. The molecule has 0 aliphatic carbocycles. The summed E-state index contributed by atoms with van der Waals surface area (Å²) in [4.78, 5) is 11.4. The molecule has 0 unspecified atom stereocenters. The van der Waals surface area contributed by atoms with Crippen molar-refractivity contribution in [1.82, 2.24) is 0 Å². The van der Waals surface area contributed by atoms with Gasteiger partial charge in [0.25, 0.3) is 0 Å². The Hall–Kier alpha value is -1.97. The van der Waals surface area contributed by atoms with E-state index in [1.54, 1.807) is 14.0 Å². The van der Waals surface area contributed by atoms with Crippen LogP contribution in [-0.2, 0) is 9.47 Å². The van der Waals surface area contributed by atoms with Gasteiger partial charge in [0.2, 0.25) is 0 Å². The minimum Gasteiger partial charge on any atom is -0.497 e. The topological polar surface area (TPSA) is 44.8 Å². The molecule has 0 spiro atoms. The van der Waals surface area contributed by atoms with E-state index in [0.717, 1.165) is 24.2 Å². The molecule has 0 aliphatic heterocycles. The van der Waals surface area contributed by atoms with E-state index >= 15 is 0 Å². The summed E-state index contributed by atoms with van der Waals surface area (Å²) in [7, 11) is 1.61. The van der Waals surface area contributed by atoms with E-state index in [1.165, 1.54) is 0 Å².